The first-order valence-corrected chi connectivity index (χ1v) is 6.77. The van der Waals surface area contributed by atoms with E-state index in [0.717, 1.165) is 12.2 Å². The second-order valence-electron chi connectivity index (χ2n) is 4.94. The van der Waals surface area contributed by atoms with Gasteiger partial charge in [0.2, 0.25) is 0 Å². The van der Waals surface area contributed by atoms with Gasteiger partial charge in [0.25, 0.3) is 0 Å². The van der Waals surface area contributed by atoms with Crippen LogP contribution in [0.3, 0.4) is 0 Å². The fourth-order valence-electron chi connectivity index (χ4n) is 2.87. The molecule has 1 aliphatic rings. The lowest BCUT2D eigenvalue weighted by molar-refractivity contribution is 0.112. The van der Waals surface area contributed by atoms with Crippen molar-refractivity contribution in [3.63, 3.8) is 0 Å². The summed E-state index contributed by atoms with van der Waals surface area (Å²) in [5.41, 5.74) is 1.26. The molecule has 0 N–H and O–H groups in total. The van der Waals surface area contributed by atoms with Crippen LogP contribution < -0.4 is 4.90 Å². The number of carbonyl (C=O) groups excluding carboxylic acids is 1. The number of halogens is 1. The molecular weight excluding hydrogens is 229 g/mol. The van der Waals surface area contributed by atoms with Gasteiger partial charge in [-0.15, -0.1) is 0 Å². The molecule has 0 atom stereocenters. The number of benzene rings is 1. The van der Waals surface area contributed by atoms with Gasteiger partial charge in [-0.1, -0.05) is 19.3 Å². The summed E-state index contributed by atoms with van der Waals surface area (Å²) >= 11 is 0. The molecule has 1 fully saturated rings. The molecule has 0 spiro atoms. The second-order valence-corrected chi connectivity index (χ2v) is 4.94. The van der Waals surface area contributed by atoms with Crippen molar-refractivity contribution in [2.45, 2.75) is 45.1 Å². The van der Waals surface area contributed by atoms with Gasteiger partial charge in [0, 0.05) is 23.8 Å². The maximum absolute atomic E-state index is 13.5. The van der Waals surface area contributed by atoms with Crippen molar-refractivity contribution in [2.75, 3.05) is 11.4 Å². The van der Waals surface area contributed by atoms with Gasteiger partial charge in [0.15, 0.2) is 0 Å². The number of carbonyl (C=O) groups is 1. The summed E-state index contributed by atoms with van der Waals surface area (Å²) in [6.07, 6.45) is 6.84. The summed E-state index contributed by atoms with van der Waals surface area (Å²) in [6, 6.07) is 5.09. The van der Waals surface area contributed by atoms with Crippen LogP contribution in [-0.4, -0.2) is 18.9 Å². The monoisotopic (exact) mass is 249 g/mol. The van der Waals surface area contributed by atoms with Crippen molar-refractivity contribution in [1.82, 2.24) is 0 Å². The number of hydrogen-bond donors (Lipinski definition) is 0. The molecular formula is C15H20FNO. The van der Waals surface area contributed by atoms with E-state index < -0.39 is 0 Å². The number of aldehydes is 1. The number of anilines is 1. The normalized spacial score (nSPS) is 16.6. The molecule has 1 aromatic carbocycles. The topological polar surface area (TPSA) is 20.3 Å². The molecule has 0 unspecified atom stereocenters. The first-order valence-electron chi connectivity index (χ1n) is 6.77. The highest BCUT2D eigenvalue weighted by molar-refractivity contribution is 5.77. The predicted octanol–water partition coefficient (Wildman–Crippen LogP) is 3.80. The van der Waals surface area contributed by atoms with Gasteiger partial charge in [-0.3, -0.25) is 4.79 Å². The summed E-state index contributed by atoms with van der Waals surface area (Å²) in [4.78, 5) is 13.0. The number of nitrogens with zero attached hydrogens (tertiary/aromatic N) is 1. The minimum atomic E-state index is -0.330. The van der Waals surface area contributed by atoms with Crippen LogP contribution in [0.4, 0.5) is 10.1 Å². The third kappa shape index (κ3) is 2.89. The molecule has 18 heavy (non-hydrogen) atoms. The molecule has 3 heteroatoms. The highest BCUT2D eigenvalue weighted by Crippen LogP contribution is 2.28. The first kappa shape index (κ1) is 13.1. The summed E-state index contributed by atoms with van der Waals surface area (Å²) < 4.78 is 13.5. The van der Waals surface area contributed by atoms with Crippen LogP contribution in [-0.2, 0) is 0 Å². The summed E-state index contributed by atoms with van der Waals surface area (Å²) in [6.45, 7) is 2.94. The predicted molar refractivity (Wildman–Crippen MR) is 71.7 cm³/mol. The highest BCUT2D eigenvalue weighted by atomic mass is 19.1. The highest BCUT2D eigenvalue weighted by Gasteiger charge is 2.20. The lowest BCUT2D eigenvalue weighted by Crippen LogP contribution is -2.36. The van der Waals surface area contributed by atoms with E-state index in [0.29, 0.717) is 17.9 Å². The average Bonchev–Trinajstić information content (AvgIpc) is 2.40. The van der Waals surface area contributed by atoms with Gasteiger partial charge in [-0.2, -0.15) is 0 Å². The van der Waals surface area contributed by atoms with Crippen LogP contribution in [0, 0.1) is 5.82 Å². The van der Waals surface area contributed by atoms with Crippen LogP contribution in [0.1, 0.15) is 49.4 Å². The van der Waals surface area contributed by atoms with Crippen LogP contribution in [0.2, 0.25) is 0 Å². The molecule has 0 amide bonds. The molecule has 0 bridgehead atoms. The molecule has 2 rings (SSSR count). The fourth-order valence-corrected chi connectivity index (χ4v) is 2.87. The third-order valence-electron chi connectivity index (χ3n) is 3.73. The maximum Gasteiger partial charge on any atom is 0.150 e. The Hall–Kier alpha value is -1.38. The maximum atomic E-state index is 13.5. The largest absolute Gasteiger partial charge is 0.369 e. The molecule has 0 saturated heterocycles. The Kier molecular flexibility index (Phi) is 4.34. The van der Waals surface area contributed by atoms with Crippen molar-refractivity contribution in [3.05, 3.63) is 29.6 Å². The van der Waals surface area contributed by atoms with Crippen molar-refractivity contribution >= 4 is 12.0 Å². The Morgan fingerprint density at radius 2 is 2.00 bits per heavy atom. The van der Waals surface area contributed by atoms with Crippen molar-refractivity contribution in [2.24, 2.45) is 0 Å². The molecule has 0 aliphatic heterocycles. The Bertz CT molecular complexity index is 413. The lowest BCUT2D eigenvalue weighted by atomic mass is 9.93. The smallest absolute Gasteiger partial charge is 0.150 e. The van der Waals surface area contributed by atoms with E-state index in [1.807, 2.05) is 0 Å². The standard InChI is InChI=1S/C15H20FNO/c1-2-17(14-6-4-3-5-7-14)15-9-12(11-18)8-13(16)10-15/h8-11,14H,2-7H2,1H3. The molecule has 98 valence electrons. The van der Waals surface area contributed by atoms with Crippen LogP contribution in [0.25, 0.3) is 0 Å². The zero-order valence-corrected chi connectivity index (χ0v) is 10.9. The minimum absolute atomic E-state index is 0.330. The van der Waals surface area contributed by atoms with Crippen molar-refractivity contribution in [1.29, 1.82) is 0 Å². The Morgan fingerprint density at radius 3 is 2.61 bits per heavy atom. The zero-order valence-electron chi connectivity index (χ0n) is 10.9. The quantitative estimate of drug-likeness (QED) is 0.756. The Morgan fingerprint density at radius 1 is 1.28 bits per heavy atom. The fraction of sp³-hybridized carbons (Fsp3) is 0.533. The van der Waals surface area contributed by atoms with Crippen molar-refractivity contribution < 1.29 is 9.18 Å². The molecule has 0 aromatic heterocycles. The molecule has 1 saturated carbocycles. The molecule has 2 nitrogen and oxygen atoms in total. The first-order chi connectivity index (χ1) is 8.74. The van der Waals surface area contributed by atoms with Gasteiger partial charge in [0.1, 0.15) is 12.1 Å². The van der Waals surface area contributed by atoms with E-state index in [9.17, 15) is 9.18 Å². The molecule has 0 radical (unpaired) electrons. The summed E-state index contributed by atoms with van der Waals surface area (Å²) in [5.74, 6) is -0.330. The van der Waals surface area contributed by atoms with E-state index in [1.165, 1.54) is 44.2 Å². The summed E-state index contributed by atoms with van der Waals surface area (Å²) in [7, 11) is 0. The lowest BCUT2D eigenvalue weighted by Gasteiger charge is -2.35. The zero-order chi connectivity index (χ0) is 13.0. The van der Waals surface area contributed by atoms with E-state index in [4.69, 9.17) is 0 Å². The van der Waals surface area contributed by atoms with Gasteiger partial charge in [-0.05, 0) is 38.0 Å². The SMILES string of the molecule is CCN(c1cc(F)cc(C=O)c1)C1CCCCC1. The number of rotatable bonds is 4. The average molecular weight is 249 g/mol. The van der Waals surface area contributed by atoms with Gasteiger partial charge in [-0.25, -0.2) is 4.39 Å². The second kappa shape index (κ2) is 5.98. The van der Waals surface area contributed by atoms with E-state index in [-0.39, 0.29) is 5.82 Å². The summed E-state index contributed by atoms with van der Waals surface area (Å²) in [5, 5.41) is 0. The van der Waals surface area contributed by atoms with Crippen LogP contribution >= 0.6 is 0 Å². The van der Waals surface area contributed by atoms with Crippen LogP contribution in [0.15, 0.2) is 18.2 Å². The Balaban J connectivity index is 2.25. The van der Waals surface area contributed by atoms with Gasteiger partial charge in [0.05, 0.1) is 0 Å². The van der Waals surface area contributed by atoms with Gasteiger partial charge < -0.3 is 4.90 Å². The van der Waals surface area contributed by atoms with E-state index in [1.54, 1.807) is 6.07 Å². The Labute approximate surface area is 108 Å². The van der Waals surface area contributed by atoms with Crippen LogP contribution in [0.5, 0.6) is 0 Å². The van der Waals surface area contributed by atoms with E-state index in [2.05, 4.69) is 11.8 Å². The molecule has 0 heterocycles. The molecule has 1 aromatic rings. The van der Waals surface area contributed by atoms with Gasteiger partial charge >= 0.3 is 0 Å². The third-order valence-corrected chi connectivity index (χ3v) is 3.73. The van der Waals surface area contributed by atoms with Crippen molar-refractivity contribution in [3.8, 4) is 0 Å². The molecule has 1 aliphatic carbocycles. The van der Waals surface area contributed by atoms with E-state index >= 15 is 0 Å². The minimum Gasteiger partial charge on any atom is -0.369 e. The number of hydrogen-bond acceptors (Lipinski definition) is 2.